The Morgan fingerprint density at radius 2 is 1.67 bits per heavy atom. The molecule has 3 aromatic carbocycles. The van der Waals surface area contributed by atoms with Crippen LogP contribution in [0.15, 0.2) is 90.0 Å². The number of hydrogen-bond acceptors (Lipinski definition) is 2. The average molecular weight is 415 g/mol. The number of hydrogen-bond donors (Lipinski definition) is 1. The number of nitrogens with one attached hydrogen (secondary N) is 1. The summed E-state index contributed by atoms with van der Waals surface area (Å²) in [6, 6.07) is 27.1. The summed E-state index contributed by atoms with van der Waals surface area (Å²) in [6.45, 7) is 3.64. The largest absolute Gasteiger partial charge is 0.355 e. The summed E-state index contributed by atoms with van der Waals surface area (Å²) in [4.78, 5) is 13.5. The van der Waals surface area contributed by atoms with Gasteiger partial charge in [0.05, 0.1) is 5.75 Å². The maximum Gasteiger partial charge on any atom is 0.230 e. The van der Waals surface area contributed by atoms with Crippen molar-refractivity contribution < 1.29 is 4.79 Å². The molecule has 0 saturated heterocycles. The van der Waals surface area contributed by atoms with Crippen LogP contribution in [0.5, 0.6) is 0 Å². The molecule has 0 aliphatic rings. The first-order chi connectivity index (χ1) is 14.7. The van der Waals surface area contributed by atoms with Gasteiger partial charge in [0, 0.05) is 35.1 Å². The quantitative estimate of drug-likeness (QED) is 0.389. The molecule has 30 heavy (non-hydrogen) atoms. The maximum absolute atomic E-state index is 12.3. The van der Waals surface area contributed by atoms with E-state index in [1.165, 1.54) is 27.6 Å². The number of aryl methyl sites for hydroxylation is 1. The highest BCUT2D eigenvalue weighted by atomic mass is 32.2. The highest BCUT2D eigenvalue weighted by Gasteiger charge is 2.11. The van der Waals surface area contributed by atoms with E-state index in [-0.39, 0.29) is 5.91 Å². The van der Waals surface area contributed by atoms with Crippen LogP contribution in [0.1, 0.15) is 16.7 Å². The number of nitrogens with zero attached hydrogens (tertiary/aromatic N) is 1. The van der Waals surface area contributed by atoms with Gasteiger partial charge in [-0.25, -0.2) is 0 Å². The topological polar surface area (TPSA) is 34.0 Å². The van der Waals surface area contributed by atoms with Gasteiger partial charge in [-0.2, -0.15) is 0 Å². The van der Waals surface area contributed by atoms with Crippen molar-refractivity contribution in [1.29, 1.82) is 0 Å². The maximum atomic E-state index is 12.3. The van der Waals surface area contributed by atoms with E-state index in [1.54, 1.807) is 11.8 Å². The Morgan fingerprint density at radius 3 is 2.50 bits per heavy atom. The molecular formula is C26H26N2OS. The predicted octanol–water partition coefficient (Wildman–Crippen LogP) is 5.45. The molecule has 1 amide bonds. The first-order valence-corrected chi connectivity index (χ1v) is 11.2. The SMILES string of the molecule is Cc1ccccc1Cn1cc(SCC(=O)NCCc2ccccc2)c2ccccc21. The minimum atomic E-state index is 0.0756. The molecule has 4 aromatic rings. The lowest BCUT2D eigenvalue weighted by atomic mass is 10.1. The van der Waals surface area contributed by atoms with Crippen LogP contribution in [0.4, 0.5) is 0 Å². The molecular weight excluding hydrogens is 388 g/mol. The van der Waals surface area contributed by atoms with Gasteiger partial charge < -0.3 is 9.88 Å². The Balaban J connectivity index is 1.40. The van der Waals surface area contributed by atoms with Gasteiger partial charge >= 0.3 is 0 Å². The summed E-state index contributed by atoms with van der Waals surface area (Å²) in [5.74, 6) is 0.499. The second-order valence-corrected chi connectivity index (χ2v) is 8.46. The van der Waals surface area contributed by atoms with Crippen LogP contribution in [-0.4, -0.2) is 22.8 Å². The van der Waals surface area contributed by atoms with Gasteiger partial charge in [-0.1, -0.05) is 72.8 Å². The number of aromatic nitrogens is 1. The average Bonchev–Trinajstić information content (AvgIpc) is 3.12. The fraction of sp³-hybridized carbons (Fsp3) is 0.192. The van der Waals surface area contributed by atoms with Gasteiger partial charge in [-0.05, 0) is 36.1 Å². The lowest BCUT2D eigenvalue weighted by Gasteiger charge is -2.08. The zero-order chi connectivity index (χ0) is 20.8. The molecule has 0 saturated carbocycles. The molecule has 0 radical (unpaired) electrons. The van der Waals surface area contributed by atoms with Crippen molar-refractivity contribution in [2.45, 2.75) is 24.8 Å². The Morgan fingerprint density at radius 1 is 0.933 bits per heavy atom. The number of carbonyl (C=O) groups excluding carboxylic acids is 1. The van der Waals surface area contributed by atoms with E-state index in [0.717, 1.165) is 17.9 Å². The summed E-state index contributed by atoms with van der Waals surface area (Å²) in [5, 5.41) is 4.24. The van der Waals surface area contributed by atoms with E-state index in [2.05, 4.69) is 83.7 Å². The zero-order valence-corrected chi connectivity index (χ0v) is 18.0. The van der Waals surface area contributed by atoms with Crippen molar-refractivity contribution in [3.05, 3.63) is 102 Å². The molecule has 0 fully saturated rings. The number of rotatable bonds is 8. The Hall–Kier alpha value is -2.98. The molecule has 4 rings (SSSR count). The Bertz CT molecular complexity index is 1130. The second-order valence-electron chi connectivity index (χ2n) is 7.44. The first-order valence-electron chi connectivity index (χ1n) is 10.3. The summed E-state index contributed by atoms with van der Waals surface area (Å²) < 4.78 is 2.29. The molecule has 1 heterocycles. The van der Waals surface area contributed by atoms with E-state index < -0.39 is 0 Å². The van der Waals surface area contributed by atoms with Crippen LogP contribution >= 0.6 is 11.8 Å². The highest BCUT2D eigenvalue weighted by Crippen LogP contribution is 2.30. The van der Waals surface area contributed by atoms with Crippen LogP contribution < -0.4 is 5.32 Å². The van der Waals surface area contributed by atoms with Gasteiger partial charge in [-0.15, -0.1) is 11.8 Å². The molecule has 4 heteroatoms. The molecule has 0 spiro atoms. The fourth-order valence-electron chi connectivity index (χ4n) is 3.62. The van der Waals surface area contributed by atoms with E-state index in [0.29, 0.717) is 12.3 Å². The lowest BCUT2D eigenvalue weighted by molar-refractivity contribution is -0.118. The smallest absolute Gasteiger partial charge is 0.230 e. The Kier molecular flexibility index (Phi) is 6.55. The van der Waals surface area contributed by atoms with E-state index >= 15 is 0 Å². The molecule has 0 atom stereocenters. The van der Waals surface area contributed by atoms with Gasteiger partial charge in [0.15, 0.2) is 0 Å². The third-order valence-electron chi connectivity index (χ3n) is 5.29. The number of carbonyl (C=O) groups is 1. The molecule has 3 nitrogen and oxygen atoms in total. The third-order valence-corrected chi connectivity index (χ3v) is 6.33. The lowest BCUT2D eigenvalue weighted by Crippen LogP contribution is -2.27. The van der Waals surface area contributed by atoms with Gasteiger partial charge in [0.2, 0.25) is 5.91 Å². The number of thioether (sulfide) groups is 1. The van der Waals surface area contributed by atoms with Crippen LogP contribution in [0.3, 0.4) is 0 Å². The van der Waals surface area contributed by atoms with Crippen molar-refractivity contribution >= 4 is 28.6 Å². The van der Waals surface area contributed by atoms with E-state index in [4.69, 9.17) is 0 Å². The summed E-state index contributed by atoms with van der Waals surface area (Å²) >= 11 is 1.61. The molecule has 0 bridgehead atoms. The molecule has 0 unspecified atom stereocenters. The summed E-state index contributed by atoms with van der Waals surface area (Å²) in [5.41, 5.74) is 5.05. The number of amides is 1. The predicted molar refractivity (Wildman–Crippen MR) is 126 cm³/mol. The fourth-order valence-corrected chi connectivity index (χ4v) is 4.53. The number of fused-ring (bicyclic) bond motifs is 1. The summed E-state index contributed by atoms with van der Waals surface area (Å²) in [6.07, 6.45) is 3.03. The standard InChI is InChI=1S/C26H26N2OS/c1-20-9-5-6-12-22(20)17-28-18-25(23-13-7-8-14-24(23)28)30-19-26(29)27-16-15-21-10-3-2-4-11-21/h2-14,18H,15-17,19H2,1H3,(H,27,29). The van der Waals surface area contributed by atoms with E-state index in [1.807, 2.05) is 18.2 Å². The minimum Gasteiger partial charge on any atom is -0.355 e. The van der Waals surface area contributed by atoms with Crippen LogP contribution in [-0.2, 0) is 17.8 Å². The monoisotopic (exact) mass is 414 g/mol. The Labute approximate surface area is 182 Å². The number of para-hydroxylation sites is 1. The normalized spacial score (nSPS) is 11.0. The highest BCUT2D eigenvalue weighted by molar-refractivity contribution is 8.00. The van der Waals surface area contributed by atoms with Gasteiger partial charge in [0.1, 0.15) is 0 Å². The summed E-state index contributed by atoms with van der Waals surface area (Å²) in [7, 11) is 0. The van der Waals surface area contributed by atoms with Crippen LogP contribution in [0.25, 0.3) is 10.9 Å². The third kappa shape index (κ3) is 4.95. The zero-order valence-electron chi connectivity index (χ0n) is 17.2. The van der Waals surface area contributed by atoms with E-state index in [9.17, 15) is 4.79 Å². The van der Waals surface area contributed by atoms with Gasteiger partial charge in [0.25, 0.3) is 0 Å². The molecule has 152 valence electrons. The van der Waals surface area contributed by atoms with Crippen molar-refractivity contribution in [1.82, 2.24) is 9.88 Å². The van der Waals surface area contributed by atoms with Gasteiger partial charge in [-0.3, -0.25) is 4.79 Å². The molecule has 0 aliphatic heterocycles. The van der Waals surface area contributed by atoms with Crippen molar-refractivity contribution in [3.8, 4) is 0 Å². The molecule has 1 aromatic heterocycles. The van der Waals surface area contributed by atoms with Crippen LogP contribution in [0, 0.1) is 6.92 Å². The van der Waals surface area contributed by atoms with Crippen molar-refractivity contribution in [2.75, 3.05) is 12.3 Å². The molecule has 1 N–H and O–H groups in total. The number of benzene rings is 3. The minimum absolute atomic E-state index is 0.0756. The van der Waals surface area contributed by atoms with Crippen molar-refractivity contribution in [2.24, 2.45) is 0 Å². The first kappa shape index (κ1) is 20.3. The second kappa shape index (κ2) is 9.68. The molecule has 0 aliphatic carbocycles. The van der Waals surface area contributed by atoms with Crippen molar-refractivity contribution in [3.63, 3.8) is 0 Å². The van der Waals surface area contributed by atoms with Crippen LogP contribution in [0.2, 0.25) is 0 Å².